The number of carbonyl (C=O) groups excluding carboxylic acids is 1. The Hall–Kier alpha value is -0.870. The van der Waals surface area contributed by atoms with Crippen molar-refractivity contribution in [1.29, 1.82) is 0 Å². The Bertz CT molecular complexity index is 486. The Kier molecular flexibility index (Phi) is 8.15. The Morgan fingerprint density at radius 2 is 2.00 bits per heavy atom. The predicted molar refractivity (Wildman–Crippen MR) is 92.8 cm³/mol. The SMILES string of the molecule is CC/C=C/CC1C(=O)CCC1CC(O)NC1C(O)O[C@H](CO)[C@@H](O)[C@@H]1O. The van der Waals surface area contributed by atoms with Gasteiger partial charge in [-0.1, -0.05) is 19.1 Å². The summed E-state index contributed by atoms with van der Waals surface area (Å²) in [5.74, 6) is 0.0849. The van der Waals surface area contributed by atoms with Crippen molar-refractivity contribution in [3.05, 3.63) is 12.2 Å². The molecule has 0 amide bonds. The minimum Gasteiger partial charge on any atom is -0.394 e. The minimum absolute atomic E-state index is 0.0143. The summed E-state index contributed by atoms with van der Waals surface area (Å²) < 4.78 is 5.06. The van der Waals surface area contributed by atoms with Gasteiger partial charge in [0.2, 0.25) is 0 Å². The normalized spacial score (nSPS) is 39.6. The summed E-state index contributed by atoms with van der Waals surface area (Å²) in [5, 5.41) is 52.1. The lowest BCUT2D eigenvalue weighted by molar-refractivity contribution is -0.258. The van der Waals surface area contributed by atoms with Crippen LogP contribution in [0.4, 0.5) is 0 Å². The quantitative estimate of drug-likeness (QED) is 0.236. The van der Waals surface area contributed by atoms with Crippen LogP contribution in [0.3, 0.4) is 0 Å². The molecule has 5 unspecified atom stereocenters. The average molecular weight is 373 g/mol. The van der Waals surface area contributed by atoms with Gasteiger partial charge in [0.05, 0.1) is 12.6 Å². The highest BCUT2D eigenvalue weighted by Gasteiger charge is 2.44. The Morgan fingerprint density at radius 3 is 2.65 bits per heavy atom. The zero-order chi connectivity index (χ0) is 19.3. The number of allylic oxidation sites excluding steroid dienone is 2. The van der Waals surface area contributed by atoms with Crippen LogP contribution in [0.2, 0.25) is 0 Å². The number of ether oxygens (including phenoxy) is 1. The Labute approximate surface area is 153 Å². The molecule has 0 bridgehead atoms. The van der Waals surface area contributed by atoms with Crippen molar-refractivity contribution in [2.75, 3.05) is 6.61 Å². The molecule has 1 saturated carbocycles. The fourth-order valence-electron chi connectivity index (χ4n) is 3.85. The molecule has 2 rings (SSSR count). The van der Waals surface area contributed by atoms with E-state index in [0.29, 0.717) is 25.7 Å². The second kappa shape index (κ2) is 9.89. The number of hydrogen-bond donors (Lipinski definition) is 6. The van der Waals surface area contributed by atoms with Crippen molar-refractivity contribution in [3.8, 4) is 0 Å². The molecule has 0 aromatic rings. The number of rotatable bonds is 8. The molecule has 26 heavy (non-hydrogen) atoms. The van der Waals surface area contributed by atoms with Gasteiger partial charge in [0.15, 0.2) is 6.29 Å². The summed E-state index contributed by atoms with van der Waals surface area (Å²) in [5.41, 5.74) is 0. The first-order valence-electron chi connectivity index (χ1n) is 9.31. The number of ketones is 1. The largest absolute Gasteiger partial charge is 0.394 e. The van der Waals surface area contributed by atoms with Crippen LogP contribution in [-0.2, 0) is 9.53 Å². The van der Waals surface area contributed by atoms with Gasteiger partial charge in [-0.25, -0.2) is 0 Å². The van der Waals surface area contributed by atoms with Crippen molar-refractivity contribution in [3.63, 3.8) is 0 Å². The van der Waals surface area contributed by atoms with Gasteiger partial charge in [0, 0.05) is 12.3 Å². The topological polar surface area (TPSA) is 139 Å². The van der Waals surface area contributed by atoms with Crippen LogP contribution in [0, 0.1) is 11.8 Å². The summed E-state index contributed by atoms with van der Waals surface area (Å²) >= 11 is 0. The summed E-state index contributed by atoms with van der Waals surface area (Å²) in [6.45, 7) is 1.48. The van der Waals surface area contributed by atoms with Gasteiger partial charge in [-0.3, -0.25) is 10.1 Å². The second-order valence-corrected chi connectivity index (χ2v) is 7.16. The molecular formula is C18H31NO7. The third kappa shape index (κ3) is 5.10. The maximum atomic E-state index is 12.1. The van der Waals surface area contributed by atoms with E-state index in [1.807, 2.05) is 19.1 Å². The van der Waals surface area contributed by atoms with Crippen LogP contribution in [0.1, 0.15) is 39.0 Å². The molecule has 0 radical (unpaired) electrons. The standard InChI is InChI=1S/C18H31NO7/c1-2-3-4-5-11-10(6-7-12(11)21)8-14(22)19-15-17(24)16(23)13(9-20)26-18(15)25/h3-4,10-11,13-20,22-25H,2,5-9H2,1H3/b4-3+/t10?,11?,13-,14?,15?,16-,17-,18?/m1/s1. The highest BCUT2D eigenvalue weighted by atomic mass is 16.6. The summed E-state index contributed by atoms with van der Waals surface area (Å²) in [6.07, 6.45) is 0.643. The number of hydrogen-bond acceptors (Lipinski definition) is 8. The summed E-state index contributed by atoms with van der Waals surface area (Å²) in [7, 11) is 0. The van der Waals surface area contributed by atoms with Gasteiger partial charge in [-0.05, 0) is 31.6 Å². The molecule has 8 atom stereocenters. The molecule has 1 aliphatic carbocycles. The van der Waals surface area contributed by atoms with Gasteiger partial charge in [-0.15, -0.1) is 0 Å². The van der Waals surface area contributed by atoms with Gasteiger partial charge < -0.3 is 30.3 Å². The molecule has 0 aromatic carbocycles. The fourth-order valence-corrected chi connectivity index (χ4v) is 3.85. The van der Waals surface area contributed by atoms with Crippen LogP contribution in [-0.4, -0.2) is 74.8 Å². The second-order valence-electron chi connectivity index (χ2n) is 7.16. The molecular weight excluding hydrogens is 342 g/mol. The van der Waals surface area contributed by atoms with Crippen LogP contribution < -0.4 is 5.32 Å². The van der Waals surface area contributed by atoms with E-state index < -0.39 is 43.5 Å². The zero-order valence-corrected chi connectivity index (χ0v) is 15.1. The maximum Gasteiger partial charge on any atom is 0.173 e. The third-order valence-electron chi connectivity index (χ3n) is 5.35. The lowest BCUT2D eigenvalue weighted by atomic mass is 9.88. The van der Waals surface area contributed by atoms with Crippen LogP contribution in [0.25, 0.3) is 0 Å². The van der Waals surface area contributed by atoms with Crippen molar-refractivity contribution >= 4 is 5.78 Å². The van der Waals surface area contributed by atoms with Crippen molar-refractivity contribution < 1.29 is 35.1 Å². The molecule has 6 N–H and O–H groups in total. The third-order valence-corrected chi connectivity index (χ3v) is 5.35. The number of carbonyl (C=O) groups is 1. The van der Waals surface area contributed by atoms with E-state index in [9.17, 15) is 25.2 Å². The molecule has 1 heterocycles. The Balaban J connectivity index is 1.91. The monoisotopic (exact) mass is 373 g/mol. The number of nitrogens with one attached hydrogen (secondary N) is 1. The van der Waals surface area contributed by atoms with E-state index in [-0.39, 0.29) is 17.6 Å². The van der Waals surface area contributed by atoms with Crippen molar-refractivity contribution in [2.45, 2.75) is 75.9 Å². The van der Waals surface area contributed by atoms with Gasteiger partial charge >= 0.3 is 0 Å². The first kappa shape index (κ1) is 21.4. The molecule has 0 aromatic heterocycles. The molecule has 8 heteroatoms. The van der Waals surface area contributed by atoms with Crippen LogP contribution >= 0.6 is 0 Å². The average Bonchev–Trinajstić information content (AvgIpc) is 2.95. The fraction of sp³-hybridized carbons (Fsp3) is 0.833. The van der Waals surface area contributed by atoms with Gasteiger partial charge in [0.25, 0.3) is 0 Å². The summed E-state index contributed by atoms with van der Waals surface area (Å²) in [6, 6.07) is -1.10. The zero-order valence-electron chi connectivity index (χ0n) is 15.1. The highest BCUT2D eigenvalue weighted by Crippen LogP contribution is 2.35. The van der Waals surface area contributed by atoms with E-state index >= 15 is 0 Å². The van der Waals surface area contributed by atoms with E-state index in [4.69, 9.17) is 9.84 Å². The highest BCUT2D eigenvalue weighted by molar-refractivity contribution is 5.83. The van der Waals surface area contributed by atoms with Crippen molar-refractivity contribution in [2.24, 2.45) is 11.8 Å². The predicted octanol–water partition coefficient (Wildman–Crippen LogP) is -0.964. The van der Waals surface area contributed by atoms with Crippen LogP contribution in [0.15, 0.2) is 12.2 Å². The van der Waals surface area contributed by atoms with Crippen molar-refractivity contribution in [1.82, 2.24) is 5.32 Å². The lowest BCUT2D eigenvalue weighted by Gasteiger charge is -2.41. The number of Topliss-reactive ketones (excluding diaryl/α,β-unsaturated/α-hetero) is 1. The van der Waals surface area contributed by atoms with E-state index in [1.54, 1.807) is 0 Å². The summed E-state index contributed by atoms with van der Waals surface area (Å²) in [4.78, 5) is 12.1. The maximum absolute atomic E-state index is 12.1. The number of aliphatic hydroxyl groups excluding tert-OH is 5. The molecule has 2 fully saturated rings. The molecule has 1 aliphatic heterocycles. The molecule has 2 aliphatic rings. The van der Waals surface area contributed by atoms with E-state index in [2.05, 4.69) is 5.32 Å². The lowest BCUT2D eigenvalue weighted by Crippen LogP contribution is -2.64. The minimum atomic E-state index is -1.48. The Morgan fingerprint density at radius 1 is 1.27 bits per heavy atom. The smallest absolute Gasteiger partial charge is 0.173 e. The van der Waals surface area contributed by atoms with Gasteiger partial charge in [-0.2, -0.15) is 0 Å². The van der Waals surface area contributed by atoms with E-state index in [0.717, 1.165) is 6.42 Å². The molecule has 0 spiro atoms. The number of aliphatic hydroxyl groups is 5. The first-order valence-corrected chi connectivity index (χ1v) is 9.31. The molecule has 1 saturated heterocycles. The van der Waals surface area contributed by atoms with E-state index in [1.165, 1.54) is 0 Å². The van der Waals surface area contributed by atoms with Gasteiger partial charge in [0.1, 0.15) is 30.3 Å². The molecule has 8 nitrogen and oxygen atoms in total. The first-order chi connectivity index (χ1) is 12.4. The van der Waals surface area contributed by atoms with Crippen LogP contribution in [0.5, 0.6) is 0 Å². The molecule has 150 valence electrons.